The molecule has 0 bridgehead atoms. The van der Waals surface area contributed by atoms with Crippen LogP contribution >= 0.6 is 0 Å². The van der Waals surface area contributed by atoms with Crippen molar-refractivity contribution in [3.63, 3.8) is 0 Å². The number of aromatic nitrogens is 6. The fraction of sp³-hybridized carbons (Fsp3) is 0.400. The summed E-state index contributed by atoms with van der Waals surface area (Å²) >= 11 is 0. The summed E-state index contributed by atoms with van der Waals surface area (Å²) in [5.41, 5.74) is 9.01. The zero-order valence-corrected chi connectivity index (χ0v) is 20.7. The van der Waals surface area contributed by atoms with Crippen LogP contribution in [0.1, 0.15) is 66.3 Å². The highest BCUT2D eigenvalue weighted by atomic mass is 16.2. The molecule has 4 heterocycles. The van der Waals surface area contributed by atoms with E-state index in [2.05, 4.69) is 42.2 Å². The topological polar surface area (TPSA) is 157 Å². The Morgan fingerprint density at radius 3 is 2.76 bits per heavy atom. The third-order valence-electron chi connectivity index (χ3n) is 6.67. The van der Waals surface area contributed by atoms with Crippen molar-refractivity contribution in [2.75, 3.05) is 23.7 Å². The van der Waals surface area contributed by atoms with Crippen LogP contribution in [-0.2, 0) is 11.2 Å². The second kappa shape index (κ2) is 10.3. The predicted molar refractivity (Wildman–Crippen MR) is 138 cm³/mol. The Balaban J connectivity index is 1.38. The van der Waals surface area contributed by atoms with Crippen molar-refractivity contribution in [1.29, 1.82) is 0 Å². The van der Waals surface area contributed by atoms with Gasteiger partial charge in [0.1, 0.15) is 17.7 Å². The van der Waals surface area contributed by atoms with Gasteiger partial charge < -0.3 is 21.3 Å². The van der Waals surface area contributed by atoms with Gasteiger partial charge in [0.2, 0.25) is 11.9 Å². The number of primary amides is 1. The Labute approximate surface area is 214 Å². The minimum Gasteiger partial charge on any atom is -0.365 e. The molecule has 5 rings (SSSR count). The van der Waals surface area contributed by atoms with E-state index < -0.39 is 5.91 Å². The highest BCUT2D eigenvalue weighted by molar-refractivity contribution is 5.98. The minimum atomic E-state index is -0.638. The number of nitrogens with two attached hydrogens (primary N) is 1. The van der Waals surface area contributed by atoms with Gasteiger partial charge in [-0.3, -0.25) is 14.3 Å². The van der Waals surface area contributed by atoms with E-state index in [9.17, 15) is 9.59 Å². The molecule has 1 aliphatic carbocycles. The number of carbonyl (C=O) groups is 2. The Bertz CT molecular complexity index is 1330. The number of nitrogens with zero attached hydrogens (tertiary/aromatic N) is 7. The SMILES string of the molecule is C=CC(=O)N1CCCC(n2cc(Nc3ncc(C(N)=O)c(Nc4c(CC)ncnc4C4CC4)n3)cn2)C1. The molecule has 1 aliphatic heterocycles. The van der Waals surface area contributed by atoms with Gasteiger partial charge in [-0.25, -0.2) is 15.0 Å². The van der Waals surface area contributed by atoms with Gasteiger partial charge in [0, 0.05) is 31.4 Å². The van der Waals surface area contributed by atoms with Crippen molar-refractivity contribution in [3.8, 4) is 0 Å². The number of amides is 2. The molecule has 0 spiro atoms. The molecule has 1 saturated carbocycles. The van der Waals surface area contributed by atoms with Crippen molar-refractivity contribution in [3.05, 3.63) is 54.5 Å². The van der Waals surface area contributed by atoms with Crippen LogP contribution in [0.3, 0.4) is 0 Å². The summed E-state index contributed by atoms with van der Waals surface area (Å²) in [6, 6.07) is 0.0648. The van der Waals surface area contributed by atoms with E-state index in [1.165, 1.54) is 12.3 Å². The average Bonchev–Trinajstić information content (AvgIpc) is 3.66. The fourth-order valence-corrected chi connectivity index (χ4v) is 4.58. The number of carbonyl (C=O) groups excluding carboxylic acids is 2. The molecule has 12 heteroatoms. The molecule has 1 saturated heterocycles. The summed E-state index contributed by atoms with van der Waals surface area (Å²) in [6.45, 7) is 6.89. The van der Waals surface area contributed by atoms with E-state index in [0.717, 1.165) is 49.3 Å². The van der Waals surface area contributed by atoms with Crippen LogP contribution < -0.4 is 16.4 Å². The van der Waals surface area contributed by atoms with Crippen LogP contribution in [-0.4, -0.2) is 59.5 Å². The van der Waals surface area contributed by atoms with Gasteiger partial charge in [-0.2, -0.15) is 10.1 Å². The van der Waals surface area contributed by atoms with Gasteiger partial charge in [0.25, 0.3) is 5.91 Å². The monoisotopic (exact) mass is 502 g/mol. The molecule has 0 aromatic carbocycles. The molecule has 3 aromatic rings. The molecule has 2 fully saturated rings. The van der Waals surface area contributed by atoms with Crippen LogP contribution in [0, 0.1) is 0 Å². The molecule has 4 N–H and O–H groups in total. The molecule has 2 aliphatic rings. The highest BCUT2D eigenvalue weighted by Gasteiger charge is 2.30. The van der Waals surface area contributed by atoms with Crippen molar-refractivity contribution in [2.45, 2.75) is 51.0 Å². The zero-order chi connectivity index (χ0) is 25.9. The van der Waals surface area contributed by atoms with Crippen LogP contribution in [0.5, 0.6) is 0 Å². The Kier molecular flexibility index (Phi) is 6.80. The maximum absolute atomic E-state index is 12.1. The van der Waals surface area contributed by atoms with Gasteiger partial charge in [-0.1, -0.05) is 13.5 Å². The van der Waals surface area contributed by atoms with Crippen LogP contribution in [0.4, 0.5) is 23.1 Å². The second-order valence-electron chi connectivity index (χ2n) is 9.27. The number of piperidine rings is 1. The number of likely N-dealkylation sites (tertiary alicyclic amines) is 1. The van der Waals surface area contributed by atoms with Crippen molar-refractivity contribution in [1.82, 2.24) is 34.6 Å². The summed E-state index contributed by atoms with van der Waals surface area (Å²) < 4.78 is 1.85. The standard InChI is InChI=1S/C25H30N10O2/c1-3-19-22(21(15-7-8-15)29-14-28-19)32-24-18(23(26)37)11-27-25(33-24)31-16-10-30-35(12-16)17-6-5-9-34(13-17)20(36)4-2/h4,10-12,14-15,17H,2-3,5-9,13H2,1H3,(H2,26,37)(H2,27,31,32,33). The lowest BCUT2D eigenvalue weighted by molar-refractivity contribution is -0.127. The van der Waals surface area contributed by atoms with E-state index in [0.29, 0.717) is 24.6 Å². The first-order valence-corrected chi connectivity index (χ1v) is 12.5. The average molecular weight is 503 g/mol. The number of aryl methyl sites for hydroxylation is 1. The maximum atomic E-state index is 12.1. The highest BCUT2D eigenvalue weighted by Crippen LogP contribution is 2.43. The molecule has 12 nitrogen and oxygen atoms in total. The number of rotatable bonds is 9. The molecular weight excluding hydrogens is 472 g/mol. The summed E-state index contributed by atoms with van der Waals surface area (Å²) in [7, 11) is 0. The van der Waals surface area contributed by atoms with Crippen LogP contribution in [0.25, 0.3) is 0 Å². The summed E-state index contributed by atoms with van der Waals surface area (Å²) in [5, 5.41) is 10.9. The maximum Gasteiger partial charge on any atom is 0.254 e. The van der Waals surface area contributed by atoms with E-state index in [1.807, 2.05) is 17.8 Å². The van der Waals surface area contributed by atoms with E-state index in [-0.39, 0.29) is 29.3 Å². The number of nitrogens with one attached hydrogen (secondary N) is 2. The molecule has 2 amide bonds. The smallest absolute Gasteiger partial charge is 0.254 e. The third-order valence-corrected chi connectivity index (χ3v) is 6.67. The van der Waals surface area contributed by atoms with Gasteiger partial charge in [-0.05, 0) is 38.2 Å². The Hall–Kier alpha value is -4.35. The summed E-state index contributed by atoms with van der Waals surface area (Å²) in [4.78, 5) is 43.7. The first-order chi connectivity index (χ1) is 18.0. The third kappa shape index (κ3) is 5.27. The Morgan fingerprint density at radius 2 is 2.03 bits per heavy atom. The lowest BCUT2D eigenvalue weighted by Gasteiger charge is -2.32. The fourth-order valence-electron chi connectivity index (χ4n) is 4.58. The molecule has 1 atom stereocenters. The molecule has 37 heavy (non-hydrogen) atoms. The zero-order valence-electron chi connectivity index (χ0n) is 20.7. The van der Waals surface area contributed by atoms with Crippen molar-refractivity contribution < 1.29 is 9.59 Å². The first kappa shape index (κ1) is 24.3. The number of anilines is 4. The first-order valence-electron chi connectivity index (χ1n) is 12.5. The van der Waals surface area contributed by atoms with Gasteiger partial charge in [0.05, 0.1) is 35.0 Å². The van der Waals surface area contributed by atoms with E-state index in [1.54, 1.807) is 17.4 Å². The largest absolute Gasteiger partial charge is 0.365 e. The molecule has 3 aromatic heterocycles. The Morgan fingerprint density at radius 1 is 1.19 bits per heavy atom. The normalized spacial score (nSPS) is 17.3. The molecule has 192 valence electrons. The van der Waals surface area contributed by atoms with Crippen LogP contribution in [0.2, 0.25) is 0 Å². The van der Waals surface area contributed by atoms with Crippen molar-refractivity contribution >= 4 is 35.0 Å². The lowest BCUT2D eigenvalue weighted by Crippen LogP contribution is -2.39. The lowest BCUT2D eigenvalue weighted by atomic mass is 10.1. The van der Waals surface area contributed by atoms with Crippen molar-refractivity contribution in [2.24, 2.45) is 5.73 Å². The van der Waals surface area contributed by atoms with Gasteiger partial charge in [-0.15, -0.1) is 0 Å². The number of hydrogen-bond donors (Lipinski definition) is 3. The van der Waals surface area contributed by atoms with E-state index in [4.69, 9.17) is 5.73 Å². The van der Waals surface area contributed by atoms with E-state index >= 15 is 0 Å². The second-order valence-corrected chi connectivity index (χ2v) is 9.27. The van der Waals surface area contributed by atoms with Gasteiger partial charge >= 0.3 is 0 Å². The molecule has 0 radical (unpaired) electrons. The number of hydrogen-bond acceptors (Lipinski definition) is 9. The molecular formula is C25H30N10O2. The quantitative estimate of drug-likeness (QED) is 0.374. The summed E-state index contributed by atoms with van der Waals surface area (Å²) in [5.74, 6) is 0.228. The van der Waals surface area contributed by atoms with Crippen LogP contribution in [0.15, 0.2) is 37.6 Å². The molecule has 1 unspecified atom stereocenters. The summed E-state index contributed by atoms with van der Waals surface area (Å²) in [6.07, 6.45) is 12.5. The predicted octanol–water partition coefficient (Wildman–Crippen LogP) is 2.84. The minimum absolute atomic E-state index is 0.0648. The van der Waals surface area contributed by atoms with Gasteiger partial charge in [0.15, 0.2) is 0 Å².